The van der Waals surface area contributed by atoms with Gasteiger partial charge in [0.1, 0.15) is 0 Å². The van der Waals surface area contributed by atoms with E-state index in [1.807, 2.05) is 31.2 Å². The van der Waals surface area contributed by atoms with Crippen LogP contribution in [0.3, 0.4) is 0 Å². The maximum absolute atomic E-state index is 12.6. The number of unbranched alkanes of at least 4 members (excludes halogenated alkanes) is 2. The average Bonchev–Trinajstić information content (AvgIpc) is 2.46. The fourth-order valence-corrected chi connectivity index (χ4v) is 2.94. The minimum absolute atomic E-state index is 0.233. The molecule has 4 nitrogen and oxygen atoms in total. The van der Waals surface area contributed by atoms with Gasteiger partial charge >= 0.3 is 7.82 Å². The molecular formula is C16H27O4P. The second-order valence-electron chi connectivity index (χ2n) is 5.08. The normalized spacial score (nSPS) is 11.8. The van der Waals surface area contributed by atoms with Crippen molar-refractivity contribution in [1.29, 1.82) is 0 Å². The first-order valence-corrected chi connectivity index (χ1v) is 9.15. The van der Waals surface area contributed by atoms with Crippen molar-refractivity contribution in [2.24, 2.45) is 0 Å². The number of rotatable bonds is 11. The maximum atomic E-state index is 12.6. The van der Waals surface area contributed by atoms with Crippen LogP contribution in [0, 0.1) is 6.92 Å². The van der Waals surface area contributed by atoms with Gasteiger partial charge in [-0.05, 0) is 25.3 Å². The molecule has 21 heavy (non-hydrogen) atoms. The molecule has 5 heteroatoms. The Labute approximate surface area is 128 Å². The van der Waals surface area contributed by atoms with Gasteiger partial charge in [0.15, 0.2) is 0 Å². The fourth-order valence-electron chi connectivity index (χ4n) is 1.71. The number of hydrogen-bond donors (Lipinski definition) is 0. The lowest BCUT2D eigenvalue weighted by Gasteiger charge is -2.18. The Balaban J connectivity index is 2.56. The third-order valence-corrected chi connectivity index (χ3v) is 4.41. The highest BCUT2D eigenvalue weighted by atomic mass is 31.2. The second-order valence-corrected chi connectivity index (χ2v) is 6.75. The molecule has 0 bridgehead atoms. The van der Waals surface area contributed by atoms with Crippen molar-refractivity contribution in [2.45, 2.75) is 53.1 Å². The molecule has 0 saturated heterocycles. The van der Waals surface area contributed by atoms with E-state index >= 15 is 0 Å². The number of benzene rings is 1. The zero-order valence-electron chi connectivity index (χ0n) is 13.3. The van der Waals surface area contributed by atoms with Gasteiger partial charge in [0.25, 0.3) is 0 Å². The predicted octanol–water partition coefficient (Wildman–Crippen LogP) is 5.25. The Hall–Kier alpha value is -0.670. The minimum Gasteiger partial charge on any atom is -0.287 e. The zero-order chi connectivity index (χ0) is 15.6. The first-order valence-electron chi connectivity index (χ1n) is 7.69. The summed E-state index contributed by atoms with van der Waals surface area (Å²) in [5, 5.41) is 0. The lowest BCUT2D eigenvalue weighted by molar-refractivity contribution is 0.106. The molecule has 1 rings (SSSR count). The van der Waals surface area contributed by atoms with E-state index in [0.717, 1.165) is 36.8 Å². The van der Waals surface area contributed by atoms with Crippen molar-refractivity contribution in [3.63, 3.8) is 0 Å². The van der Waals surface area contributed by atoms with E-state index in [2.05, 4.69) is 13.8 Å². The van der Waals surface area contributed by atoms with E-state index < -0.39 is 7.82 Å². The third kappa shape index (κ3) is 7.77. The van der Waals surface area contributed by atoms with E-state index in [1.54, 1.807) is 0 Å². The first-order chi connectivity index (χ1) is 10.1. The summed E-state index contributed by atoms with van der Waals surface area (Å²) in [6.07, 6.45) is 3.64. The second kappa shape index (κ2) is 10.1. The van der Waals surface area contributed by atoms with Gasteiger partial charge in [-0.1, -0.05) is 56.5 Å². The molecule has 0 aliphatic carbocycles. The summed E-state index contributed by atoms with van der Waals surface area (Å²) >= 11 is 0. The van der Waals surface area contributed by atoms with Crippen LogP contribution in [0.2, 0.25) is 0 Å². The molecular weight excluding hydrogens is 287 g/mol. The molecule has 120 valence electrons. The molecule has 1 aromatic carbocycles. The van der Waals surface area contributed by atoms with Gasteiger partial charge in [-0.25, -0.2) is 4.57 Å². The van der Waals surface area contributed by atoms with Crippen LogP contribution in [0.25, 0.3) is 0 Å². The van der Waals surface area contributed by atoms with Crippen LogP contribution < -0.4 is 0 Å². The fraction of sp³-hybridized carbons (Fsp3) is 0.625. The highest BCUT2D eigenvalue weighted by Gasteiger charge is 2.26. The summed E-state index contributed by atoms with van der Waals surface area (Å²) in [6.45, 7) is 7.15. The van der Waals surface area contributed by atoms with Gasteiger partial charge in [-0.3, -0.25) is 13.6 Å². The van der Waals surface area contributed by atoms with Crippen molar-refractivity contribution in [3.05, 3.63) is 35.4 Å². The van der Waals surface area contributed by atoms with Gasteiger partial charge in [-0.2, -0.15) is 0 Å². The third-order valence-electron chi connectivity index (χ3n) is 2.97. The molecule has 0 fully saturated rings. The first kappa shape index (κ1) is 18.4. The predicted molar refractivity (Wildman–Crippen MR) is 85.3 cm³/mol. The van der Waals surface area contributed by atoms with Crippen molar-refractivity contribution >= 4 is 7.82 Å². The van der Waals surface area contributed by atoms with E-state index in [-0.39, 0.29) is 6.61 Å². The van der Waals surface area contributed by atoms with Gasteiger partial charge in [0.05, 0.1) is 19.8 Å². The monoisotopic (exact) mass is 314 g/mol. The number of hydrogen-bond acceptors (Lipinski definition) is 4. The number of aryl methyl sites for hydroxylation is 1. The van der Waals surface area contributed by atoms with Crippen LogP contribution in [0.15, 0.2) is 24.3 Å². The van der Waals surface area contributed by atoms with Crippen LogP contribution in [0.4, 0.5) is 0 Å². The topological polar surface area (TPSA) is 44.8 Å². The summed E-state index contributed by atoms with van der Waals surface area (Å²) in [4.78, 5) is 0. The van der Waals surface area contributed by atoms with E-state index in [1.165, 1.54) is 0 Å². The Morgan fingerprint density at radius 1 is 1.00 bits per heavy atom. The molecule has 0 atom stereocenters. The van der Waals surface area contributed by atoms with Gasteiger partial charge in [0.2, 0.25) is 0 Å². The van der Waals surface area contributed by atoms with Crippen molar-refractivity contribution in [1.82, 2.24) is 0 Å². The molecule has 0 heterocycles. The minimum atomic E-state index is -3.46. The van der Waals surface area contributed by atoms with Crippen LogP contribution in [0.5, 0.6) is 0 Å². The molecule has 0 aliphatic rings. The molecule has 0 N–H and O–H groups in total. The summed E-state index contributed by atoms with van der Waals surface area (Å²) in [7, 11) is -3.46. The van der Waals surface area contributed by atoms with Crippen LogP contribution >= 0.6 is 7.82 Å². The van der Waals surface area contributed by atoms with E-state index in [0.29, 0.717) is 13.2 Å². The van der Waals surface area contributed by atoms with Gasteiger partial charge in [-0.15, -0.1) is 0 Å². The van der Waals surface area contributed by atoms with Crippen molar-refractivity contribution in [3.8, 4) is 0 Å². The largest absolute Gasteiger partial charge is 0.475 e. The standard InChI is InChI=1S/C16H27O4P/c1-4-6-11-18-21(17,19-12-7-5-2)20-14-16-10-8-9-15(3)13-16/h8-10,13H,4-7,11-12,14H2,1-3H3. The molecule has 0 amide bonds. The summed E-state index contributed by atoms with van der Waals surface area (Å²) in [5.74, 6) is 0. The molecule has 1 aromatic rings. The van der Waals surface area contributed by atoms with Gasteiger partial charge in [0, 0.05) is 0 Å². The molecule has 0 saturated carbocycles. The van der Waals surface area contributed by atoms with E-state index in [9.17, 15) is 4.57 Å². The van der Waals surface area contributed by atoms with Crippen LogP contribution in [-0.4, -0.2) is 13.2 Å². The van der Waals surface area contributed by atoms with Crippen molar-refractivity contribution in [2.75, 3.05) is 13.2 Å². The Morgan fingerprint density at radius 2 is 1.62 bits per heavy atom. The van der Waals surface area contributed by atoms with Crippen molar-refractivity contribution < 1.29 is 18.1 Å². The summed E-state index contributed by atoms with van der Waals surface area (Å²) in [6, 6.07) is 7.91. The number of phosphoric acid groups is 1. The smallest absolute Gasteiger partial charge is 0.287 e. The van der Waals surface area contributed by atoms with Crippen LogP contribution in [-0.2, 0) is 24.7 Å². The quantitative estimate of drug-likeness (QED) is 0.413. The molecule has 0 spiro atoms. The highest BCUT2D eigenvalue weighted by molar-refractivity contribution is 7.48. The average molecular weight is 314 g/mol. The summed E-state index contributed by atoms with van der Waals surface area (Å²) in [5.41, 5.74) is 2.11. The maximum Gasteiger partial charge on any atom is 0.475 e. The van der Waals surface area contributed by atoms with E-state index in [4.69, 9.17) is 13.6 Å². The molecule has 0 aromatic heterocycles. The highest BCUT2D eigenvalue weighted by Crippen LogP contribution is 2.50. The Bertz CT molecular complexity index is 434. The lowest BCUT2D eigenvalue weighted by Crippen LogP contribution is -2.03. The van der Waals surface area contributed by atoms with Gasteiger partial charge < -0.3 is 0 Å². The Kier molecular flexibility index (Phi) is 8.86. The zero-order valence-corrected chi connectivity index (χ0v) is 14.2. The molecule has 0 aliphatic heterocycles. The lowest BCUT2D eigenvalue weighted by atomic mass is 10.1. The molecule has 0 unspecified atom stereocenters. The summed E-state index contributed by atoms with van der Waals surface area (Å²) < 4.78 is 28.8. The van der Waals surface area contributed by atoms with Crippen LogP contribution in [0.1, 0.15) is 50.7 Å². The number of phosphoric ester groups is 1. The SMILES string of the molecule is CCCCOP(=O)(OCCCC)OCc1cccc(C)c1. The Morgan fingerprint density at radius 3 is 2.14 bits per heavy atom. The molecule has 0 radical (unpaired) electrons.